The molecule has 2 nitrogen and oxygen atoms in total. The van der Waals surface area contributed by atoms with Crippen molar-refractivity contribution in [3.63, 3.8) is 0 Å². The van der Waals surface area contributed by atoms with E-state index in [1.54, 1.807) is 0 Å². The highest BCUT2D eigenvalue weighted by molar-refractivity contribution is 7.84. The molecule has 0 aromatic heterocycles. The Morgan fingerprint density at radius 2 is 1.69 bits per heavy atom. The fourth-order valence-corrected chi connectivity index (χ4v) is 1.93. The Kier molecular flexibility index (Phi) is 5.15. The van der Waals surface area contributed by atoms with Gasteiger partial charge in [0.25, 0.3) is 0 Å². The summed E-state index contributed by atoms with van der Waals surface area (Å²) in [6.07, 6.45) is 1.07. The second-order valence-corrected chi connectivity index (χ2v) is 7.03. The Labute approximate surface area is 85.1 Å². The third kappa shape index (κ3) is 6.22. The minimum Gasteiger partial charge on any atom is -0.242 e. The first kappa shape index (κ1) is 13.1. The molecule has 3 heteroatoms. The van der Waals surface area contributed by atoms with Crippen molar-refractivity contribution in [3.8, 4) is 0 Å². The van der Waals surface area contributed by atoms with E-state index >= 15 is 0 Å². The van der Waals surface area contributed by atoms with Crippen molar-refractivity contribution >= 4 is 11.0 Å². The van der Waals surface area contributed by atoms with Gasteiger partial charge in [0.05, 0.1) is 15.7 Å². The van der Waals surface area contributed by atoms with Gasteiger partial charge in [0.15, 0.2) is 0 Å². The zero-order chi connectivity index (χ0) is 10.6. The number of nitrogens with one attached hydrogen (secondary N) is 1. The van der Waals surface area contributed by atoms with Gasteiger partial charge in [-0.2, -0.15) is 0 Å². The van der Waals surface area contributed by atoms with Crippen LogP contribution in [0.4, 0.5) is 0 Å². The molecule has 1 N–H and O–H groups in total. The van der Waals surface area contributed by atoms with Crippen LogP contribution in [-0.4, -0.2) is 15.0 Å². The molecule has 0 saturated carbocycles. The lowest BCUT2D eigenvalue weighted by Gasteiger charge is -2.22. The van der Waals surface area contributed by atoms with Gasteiger partial charge in [0, 0.05) is 6.04 Å². The molecule has 0 aliphatic carbocycles. The molecule has 0 aliphatic rings. The number of hydrogen-bond donors (Lipinski definition) is 1. The molecule has 0 bridgehead atoms. The largest absolute Gasteiger partial charge is 0.242 e. The SMILES string of the molecule is CC(C)C[C@@H](C)NS(=O)C(C)(C)C. The van der Waals surface area contributed by atoms with Crippen LogP contribution in [0.25, 0.3) is 0 Å². The van der Waals surface area contributed by atoms with E-state index < -0.39 is 11.0 Å². The van der Waals surface area contributed by atoms with E-state index in [0.29, 0.717) is 12.0 Å². The molecule has 0 radical (unpaired) electrons. The Balaban J connectivity index is 3.93. The molecule has 13 heavy (non-hydrogen) atoms. The van der Waals surface area contributed by atoms with E-state index in [0.717, 1.165) is 6.42 Å². The van der Waals surface area contributed by atoms with E-state index in [1.165, 1.54) is 0 Å². The van der Waals surface area contributed by atoms with Crippen LogP contribution in [0.15, 0.2) is 0 Å². The highest BCUT2D eigenvalue weighted by atomic mass is 32.2. The lowest BCUT2D eigenvalue weighted by Crippen LogP contribution is -2.38. The van der Waals surface area contributed by atoms with Gasteiger partial charge in [-0.25, -0.2) is 8.93 Å². The summed E-state index contributed by atoms with van der Waals surface area (Å²) in [5, 5.41) is 0. The topological polar surface area (TPSA) is 29.1 Å². The van der Waals surface area contributed by atoms with Crippen molar-refractivity contribution in [1.82, 2.24) is 4.72 Å². The van der Waals surface area contributed by atoms with Crippen LogP contribution in [0.2, 0.25) is 0 Å². The molecule has 0 heterocycles. The molecular formula is C10H23NOS. The smallest absolute Gasteiger partial charge is 0.0972 e. The third-order valence-electron chi connectivity index (χ3n) is 1.69. The lowest BCUT2D eigenvalue weighted by atomic mass is 10.1. The number of hydrogen-bond acceptors (Lipinski definition) is 1. The van der Waals surface area contributed by atoms with Crippen molar-refractivity contribution < 1.29 is 4.21 Å². The summed E-state index contributed by atoms with van der Waals surface area (Å²) in [5.74, 6) is 0.652. The van der Waals surface area contributed by atoms with Crippen LogP contribution in [0.5, 0.6) is 0 Å². The summed E-state index contributed by atoms with van der Waals surface area (Å²) in [7, 11) is -0.934. The summed E-state index contributed by atoms with van der Waals surface area (Å²) in [6, 6.07) is 0.333. The predicted molar refractivity (Wildman–Crippen MR) is 59.9 cm³/mol. The average Bonchev–Trinajstić information content (AvgIpc) is 1.82. The van der Waals surface area contributed by atoms with E-state index in [4.69, 9.17) is 0 Å². The summed E-state index contributed by atoms with van der Waals surface area (Å²) in [6.45, 7) is 12.4. The first-order valence-corrected chi connectivity index (χ1v) is 6.06. The van der Waals surface area contributed by atoms with Gasteiger partial charge in [-0.3, -0.25) is 0 Å². The van der Waals surface area contributed by atoms with Gasteiger partial charge >= 0.3 is 0 Å². The maximum atomic E-state index is 11.7. The van der Waals surface area contributed by atoms with Gasteiger partial charge < -0.3 is 0 Å². The third-order valence-corrected chi connectivity index (χ3v) is 3.42. The van der Waals surface area contributed by atoms with Crippen LogP contribution in [0.1, 0.15) is 48.0 Å². The molecule has 2 atom stereocenters. The first-order chi connectivity index (χ1) is 5.73. The van der Waals surface area contributed by atoms with E-state index in [1.807, 2.05) is 20.8 Å². The summed E-state index contributed by atoms with van der Waals surface area (Å²) >= 11 is 0. The minimum absolute atomic E-state index is 0.161. The first-order valence-electron chi connectivity index (χ1n) is 4.91. The molecular weight excluding hydrogens is 182 g/mol. The van der Waals surface area contributed by atoms with E-state index in [2.05, 4.69) is 25.5 Å². The van der Waals surface area contributed by atoms with Gasteiger partial charge in [-0.15, -0.1) is 0 Å². The van der Waals surface area contributed by atoms with Gasteiger partial charge in [0.2, 0.25) is 0 Å². The zero-order valence-corrected chi connectivity index (χ0v) is 10.5. The quantitative estimate of drug-likeness (QED) is 0.750. The zero-order valence-electron chi connectivity index (χ0n) is 9.68. The summed E-state index contributed by atoms with van der Waals surface area (Å²) < 4.78 is 14.6. The van der Waals surface area contributed by atoms with Gasteiger partial charge in [-0.05, 0) is 40.0 Å². The van der Waals surface area contributed by atoms with Crippen LogP contribution < -0.4 is 4.72 Å². The van der Waals surface area contributed by atoms with Crippen LogP contribution in [0.3, 0.4) is 0 Å². The van der Waals surface area contributed by atoms with Crippen molar-refractivity contribution in [2.45, 2.75) is 58.8 Å². The predicted octanol–water partition coefficient (Wildman–Crippen LogP) is 2.47. The van der Waals surface area contributed by atoms with Gasteiger partial charge in [0.1, 0.15) is 0 Å². The van der Waals surface area contributed by atoms with Crippen LogP contribution in [-0.2, 0) is 11.0 Å². The molecule has 0 amide bonds. The van der Waals surface area contributed by atoms with Crippen molar-refractivity contribution in [1.29, 1.82) is 0 Å². The fourth-order valence-electron chi connectivity index (χ4n) is 1.11. The molecule has 1 unspecified atom stereocenters. The van der Waals surface area contributed by atoms with Crippen molar-refractivity contribution in [2.75, 3.05) is 0 Å². The Morgan fingerprint density at radius 1 is 1.23 bits per heavy atom. The Bertz CT molecular complexity index is 172. The molecule has 0 fully saturated rings. The van der Waals surface area contributed by atoms with Crippen molar-refractivity contribution in [3.05, 3.63) is 0 Å². The fraction of sp³-hybridized carbons (Fsp3) is 1.00. The summed E-state index contributed by atoms with van der Waals surface area (Å²) in [5.41, 5.74) is 0. The highest BCUT2D eigenvalue weighted by Crippen LogP contribution is 2.11. The van der Waals surface area contributed by atoms with E-state index in [9.17, 15) is 4.21 Å². The van der Waals surface area contributed by atoms with E-state index in [-0.39, 0.29) is 4.75 Å². The molecule has 0 aromatic rings. The Morgan fingerprint density at radius 3 is 2.00 bits per heavy atom. The Hall–Kier alpha value is 0.110. The highest BCUT2D eigenvalue weighted by Gasteiger charge is 2.21. The lowest BCUT2D eigenvalue weighted by molar-refractivity contribution is 0.491. The molecule has 0 spiro atoms. The molecule has 0 aromatic carbocycles. The molecule has 80 valence electrons. The normalized spacial score (nSPS) is 17.5. The second-order valence-electron chi connectivity index (χ2n) is 5.03. The average molecular weight is 205 g/mol. The molecule has 0 rings (SSSR count). The van der Waals surface area contributed by atoms with Crippen LogP contribution >= 0.6 is 0 Å². The van der Waals surface area contributed by atoms with Crippen molar-refractivity contribution in [2.24, 2.45) is 5.92 Å². The monoisotopic (exact) mass is 205 g/mol. The van der Waals surface area contributed by atoms with Crippen LogP contribution in [0, 0.1) is 5.92 Å². The summed E-state index contributed by atoms with van der Waals surface area (Å²) in [4.78, 5) is 0. The standard InChI is InChI=1S/C10H23NOS/c1-8(2)7-9(3)11-13(12)10(4,5)6/h8-9,11H,7H2,1-6H3/t9-,13?/m1/s1. The minimum atomic E-state index is -0.934. The second kappa shape index (κ2) is 5.11. The van der Waals surface area contributed by atoms with Gasteiger partial charge in [-0.1, -0.05) is 13.8 Å². The maximum absolute atomic E-state index is 11.7. The molecule has 0 saturated heterocycles. The molecule has 0 aliphatic heterocycles. The maximum Gasteiger partial charge on any atom is 0.0972 e. The number of rotatable bonds is 4.